The van der Waals surface area contributed by atoms with Gasteiger partial charge in [0.15, 0.2) is 0 Å². The van der Waals surface area contributed by atoms with Crippen molar-refractivity contribution in [2.45, 2.75) is 26.0 Å². The number of hydrogen-bond donors (Lipinski definition) is 1. The minimum absolute atomic E-state index is 0.205. The molecule has 0 saturated carbocycles. The van der Waals surface area contributed by atoms with Gasteiger partial charge in [0.25, 0.3) is 0 Å². The predicted octanol–water partition coefficient (Wildman–Crippen LogP) is 4.31. The number of methoxy groups -OCH3 is 1. The van der Waals surface area contributed by atoms with Crippen LogP contribution in [0.1, 0.15) is 36.5 Å². The third-order valence-corrected chi connectivity index (χ3v) is 3.45. The lowest BCUT2D eigenvalue weighted by atomic mass is 10.0. The third kappa shape index (κ3) is 4.06. The number of hydrogen-bond acceptors (Lipinski definition) is 3. The largest absolute Gasteiger partial charge is 0.462 e. The highest BCUT2D eigenvalue weighted by Crippen LogP contribution is 2.30. The summed E-state index contributed by atoms with van der Waals surface area (Å²) in [6.07, 6.45) is 0.973. The van der Waals surface area contributed by atoms with Crippen LogP contribution in [0.3, 0.4) is 0 Å². The van der Waals surface area contributed by atoms with E-state index in [2.05, 4.69) is 12.2 Å². The van der Waals surface area contributed by atoms with E-state index in [1.54, 1.807) is 13.2 Å². The van der Waals surface area contributed by atoms with Crippen molar-refractivity contribution in [3.63, 3.8) is 0 Å². The molecule has 0 aliphatic carbocycles. The summed E-state index contributed by atoms with van der Waals surface area (Å²) >= 11 is 6.17. The smallest absolute Gasteiger partial charge is 0.129 e. The average Bonchev–Trinajstić information content (AvgIpc) is 2.90. The lowest BCUT2D eigenvalue weighted by Gasteiger charge is -2.18. The fourth-order valence-electron chi connectivity index (χ4n) is 2.16. The summed E-state index contributed by atoms with van der Waals surface area (Å²) in [5.41, 5.74) is 0.796. The molecule has 1 aromatic heterocycles. The van der Waals surface area contributed by atoms with Gasteiger partial charge in [0.2, 0.25) is 0 Å². The van der Waals surface area contributed by atoms with E-state index in [1.807, 2.05) is 12.1 Å². The molecule has 0 bridgehead atoms. The molecule has 0 fully saturated rings. The van der Waals surface area contributed by atoms with Gasteiger partial charge in [-0.25, -0.2) is 4.39 Å². The SMILES string of the molecule is CCCNC(c1ccc(COC)o1)c1ccc(F)cc1Cl. The van der Waals surface area contributed by atoms with Crippen LogP contribution in [0.25, 0.3) is 0 Å². The Morgan fingerprint density at radius 3 is 2.81 bits per heavy atom. The van der Waals surface area contributed by atoms with E-state index in [9.17, 15) is 4.39 Å². The lowest BCUT2D eigenvalue weighted by Crippen LogP contribution is -2.23. The van der Waals surface area contributed by atoms with Gasteiger partial charge in [0, 0.05) is 12.1 Å². The Kier molecular flexibility index (Phi) is 5.79. The highest BCUT2D eigenvalue weighted by atomic mass is 35.5. The van der Waals surface area contributed by atoms with Crippen molar-refractivity contribution in [2.24, 2.45) is 0 Å². The molecule has 114 valence electrons. The Morgan fingerprint density at radius 1 is 1.33 bits per heavy atom. The Hall–Kier alpha value is -1.36. The van der Waals surface area contributed by atoms with E-state index in [1.165, 1.54) is 12.1 Å². The maximum absolute atomic E-state index is 13.2. The molecule has 5 heteroatoms. The van der Waals surface area contributed by atoms with Gasteiger partial charge in [-0.05, 0) is 42.8 Å². The van der Waals surface area contributed by atoms with Crippen LogP contribution in [0, 0.1) is 5.82 Å². The van der Waals surface area contributed by atoms with Crippen LogP contribution >= 0.6 is 11.6 Å². The normalized spacial score (nSPS) is 12.6. The number of benzene rings is 1. The van der Waals surface area contributed by atoms with Crippen molar-refractivity contribution < 1.29 is 13.5 Å². The summed E-state index contributed by atoms with van der Waals surface area (Å²) in [6.45, 7) is 3.30. The highest BCUT2D eigenvalue weighted by Gasteiger charge is 2.20. The Labute approximate surface area is 129 Å². The second kappa shape index (κ2) is 7.59. The van der Waals surface area contributed by atoms with E-state index >= 15 is 0 Å². The van der Waals surface area contributed by atoms with E-state index in [4.69, 9.17) is 20.8 Å². The summed E-state index contributed by atoms with van der Waals surface area (Å²) in [7, 11) is 1.62. The third-order valence-electron chi connectivity index (χ3n) is 3.13. The van der Waals surface area contributed by atoms with Crippen LogP contribution in [0.5, 0.6) is 0 Å². The second-order valence-corrected chi connectivity index (χ2v) is 5.20. The monoisotopic (exact) mass is 311 g/mol. The van der Waals surface area contributed by atoms with Crippen molar-refractivity contribution in [2.75, 3.05) is 13.7 Å². The zero-order valence-corrected chi connectivity index (χ0v) is 12.9. The first kappa shape index (κ1) is 16.0. The van der Waals surface area contributed by atoms with Gasteiger partial charge in [0.1, 0.15) is 23.9 Å². The molecule has 1 N–H and O–H groups in total. The number of furan rings is 1. The summed E-state index contributed by atoms with van der Waals surface area (Å²) in [4.78, 5) is 0. The molecule has 0 radical (unpaired) electrons. The second-order valence-electron chi connectivity index (χ2n) is 4.79. The van der Waals surface area contributed by atoms with Gasteiger partial charge in [-0.3, -0.25) is 0 Å². The van der Waals surface area contributed by atoms with Crippen LogP contribution in [0.15, 0.2) is 34.7 Å². The van der Waals surface area contributed by atoms with Crippen molar-refractivity contribution in [1.82, 2.24) is 5.32 Å². The summed E-state index contributed by atoms with van der Waals surface area (Å²) in [6, 6.07) is 7.96. The fourth-order valence-corrected chi connectivity index (χ4v) is 2.43. The van der Waals surface area contributed by atoms with E-state index in [0.29, 0.717) is 11.6 Å². The molecule has 1 heterocycles. The lowest BCUT2D eigenvalue weighted by molar-refractivity contribution is 0.162. The molecule has 0 aliphatic rings. The van der Waals surface area contributed by atoms with Crippen LogP contribution in [0.2, 0.25) is 5.02 Å². The number of rotatable bonds is 7. The van der Waals surface area contributed by atoms with Gasteiger partial charge in [-0.2, -0.15) is 0 Å². The van der Waals surface area contributed by atoms with Crippen LogP contribution in [-0.4, -0.2) is 13.7 Å². The molecule has 0 spiro atoms. The molecular weight excluding hydrogens is 293 g/mol. The minimum Gasteiger partial charge on any atom is -0.462 e. The molecule has 2 aromatic rings. The quantitative estimate of drug-likeness (QED) is 0.827. The van der Waals surface area contributed by atoms with Crippen molar-refractivity contribution in [1.29, 1.82) is 0 Å². The van der Waals surface area contributed by atoms with Crippen molar-refractivity contribution >= 4 is 11.6 Å². The number of halogens is 2. The molecule has 1 atom stereocenters. The standard InChI is InChI=1S/C16H19ClFNO2/c1-3-8-19-16(13-6-4-11(18)9-14(13)17)15-7-5-12(21-15)10-20-2/h4-7,9,16,19H,3,8,10H2,1-2H3. The van der Waals surface area contributed by atoms with E-state index in [0.717, 1.165) is 30.0 Å². The molecule has 1 unspecified atom stereocenters. The van der Waals surface area contributed by atoms with Gasteiger partial charge < -0.3 is 14.5 Å². The van der Waals surface area contributed by atoms with Crippen molar-refractivity contribution in [3.05, 3.63) is 58.3 Å². The van der Waals surface area contributed by atoms with Crippen LogP contribution in [0.4, 0.5) is 4.39 Å². The predicted molar refractivity (Wildman–Crippen MR) is 81.0 cm³/mol. The zero-order chi connectivity index (χ0) is 15.2. The van der Waals surface area contributed by atoms with Gasteiger partial charge in [0.05, 0.1) is 6.04 Å². The summed E-state index contributed by atoms with van der Waals surface area (Å²) in [5.74, 6) is 1.13. The number of ether oxygens (including phenoxy) is 1. The molecule has 0 amide bonds. The number of nitrogens with one attached hydrogen (secondary N) is 1. The Bertz CT molecular complexity index is 585. The maximum atomic E-state index is 13.2. The first-order valence-corrected chi connectivity index (χ1v) is 7.29. The fraction of sp³-hybridized carbons (Fsp3) is 0.375. The van der Waals surface area contributed by atoms with Gasteiger partial charge in [-0.15, -0.1) is 0 Å². The van der Waals surface area contributed by atoms with E-state index < -0.39 is 0 Å². The molecule has 21 heavy (non-hydrogen) atoms. The highest BCUT2D eigenvalue weighted by molar-refractivity contribution is 6.31. The van der Waals surface area contributed by atoms with Gasteiger partial charge in [-0.1, -0.05) is 24.6 Å². The maximum Gasteiger partial charge on any atom is 0.129 e. The first-order chi connectivity index (χ1) is 10.2. The average molecular weight is 312 g/mol. The molecule has 0 saturated heterocycles. The summed E-state index contributed by atoms with van der Waals surface area (Å²) < 4.78 is 24.1. The zero-order valence-electron chi connectivity index (χ0n) is 12.2. The van der Waals surface area contributed by atoms with E-state index in [-0.39, 0.29) is 11.9 Å². The van der Waals surface area contributed by atoms with Crippen LogP contribution in [-0.2, 0) is 11.3 Å². The molecule has 3 nitrogen and oxygen atoms in total. The van der Waals surface area contributed by atoms with Gasteiger partial charge >= 0.3 is 0 Å². The first-order valence-electron chi connectivity index (χ1n) is 6.91. The molecule has 2 rings (SSSR count). The topological polar surface area (TPSA) is 34.4 Å². The minimum atomic E-state index is -0.350. The van der Waals surface area contributed by atoms with Crippen LogP contribution < -0.4 is 5.32 Å². The van der Waals surface area contributed by atoms with Crippen molar-refractivity contribution in [3.8, 4) is 0 Å². The summed E-state index contributed by atoms with van der Waals surface area (Å²) in [5, 5.41) is 3.76. The Morgan fingerprint density at radius 2 is 2.14 bits per heavy atom. The molecular formula is C16H19ClFNO2. The Balaban J connectivity index is 2.32. The molecule has 0 aliphatic heterocycles. The molecule has 1 aromatic carbocycles.